The van der Waals surface area contributed by atoms with Crippen molar-refractivity contribution in [3.05, 3.63) is 12.2 Å². The number of ether oxygens (including phenoxy) is 3. The van der Waals surface area contributed by atoms with E-state index < -0.39 is 17.6 Å². The third-order valence-electron chi connectivity index (χ3n) is 13.3. The van der Waals surface area contributed by atoms with Gasteiger partial charge in [0.25, 0.3) is 0 Å². The van der Waals surface area contributed by atoms with E-state index >= 15 is 0 Å². The maximum atomic E-state index is 14.1. The van der Waals surface area contributed by atoms with Crippen molar-refractivity contribution >= 4 is 17.8 Å². The molecule has 12 nitrogen and oxygen atoms in total. The largest absolute Gasteiger partial charge is 1.00 e. The zero-order chi connectivity index (χ0) is 40.5. The molecule has 0 radical (unpaired) electrons. The van der Waals surface area contributed by atoms with Crippen LogP contribution in [0.2, 0.25) is 0 Å². The van der Waals surface area contributed by atoms with Gasteiger partial charge in [-0.3, -0.25) is 14.2 Å². The van der Waals surface area contributed by atoms with Gasteiger partial charge in [0, 0.05) is 38.8 Å². The summed E-state index contributed by atoms with van der Waals surface area (Å²) < 4.78 is 22.1. The van der Waals surface area contributed by atoms with Crippen molar-refractivity contribution in [3.8, 4) is 0 Å². The minimum absolute atomic E-state index is 0. The number of unbranched alkanes of at least 4 members (excludes halogenated alkanes) is 12. The van der Waals surface area contributed by atoms with E-state index in [9.17, 15) is 14.7 Å². The molecule has 334 valence electrons. The first kappa shape index (κ1) is 48.7. The number of rotatable bonds is 25. The summed E-state index contributed by atoms with van der Waals surface area (Å²) in [6.45, 7) is 6.73. The summed E-state index contributed by atoms with van der Waals surface area (Å²) >= 11 is 0. The Bertz CT molecular complexity index is 1310. The van der Waals surface area contributed by atoms with Gasteiger partial charge in [0.05, 0.1) is 37.0 Å². The van der Waals surface area contributed by atoms with E-state index in [2.05, 4.69) is 41.2 Å². The van der Waals surface area contributed by atoms with Crippen LogP contribution in [-0.4, -0.2) is 107 Å². The van der Waals surface area contributed by atoms with Crippen LogP contribution in [0.3, 0.4) is 0 Å². The Hall–Kier alpha value is -1.96. The Labute approximate surface area is 356 Å². The number of halogens is 1. The van der Waals surface area contributed by atoms with Crippen LogP contribution in [0.5, 0.6) is 0 Å². The predicted molar refractivity (Wildman–Crippen MR) is 225 cm³/mol. The SMILES string of the molecule is CC[C@H]1C=CCC[C@@]2(C[C@@H]3CC[C@@H]4[C@H](C(=O)OCCCCCCCCCCCCCCCC(=O)N(CCCN)C[C@@H](O)CCN)[C@]5(CCC[C@@H](C)O5)NC(=[N+]34)N2)O1.[Cl-]. The van der Waals surface area contributed by atoms with E-state index in [1.54, 1.807) is 4.90 Å². The third kappa shape index (κ3) is 13.8. The number of guanidine groups is 1. The summed E-state index contributed by atoms with van der Waals surface area (Å²) in [5, 5.41) is 17.8. The fourth-order valence-corrected chi connectivity index (χ4v) is 10.3. The Balaban J connectivity index is 0.00000744. The molecule has 58 heavy (non-hydrogen) atoms. The maximum Gasteiger partial charge on any atom is 0.350 e. The summed E-state index contributed by atoms with van der Waals surface area (Å²) in [5.41, 5.74) is 10.0. The summed E-state index contributed by atoms with van der Waals surface area (Å²) in [4.78, 5) is 28.5. The molecule has 0 aromatic rings. The van der Waals surface area contributed by atoms with E-state index in [-0.39, 0.29) is 48.5 Å². The van der Waals surface area contributed by atoms with Crippen LogP contribution in [0.25, 0.3) is 0 Å². The molecule has 5 heterocycles. The number of carbonyl (C=O) groups excluding carboxylic acids is 2. The van der Waals surface area contributed by atoms with Gasteiger partial charge in [-0.05, 0) is 84.2 Å². The third-order valence-corrected chi connectivity index (χ3v) is 13.3. The Morgan fingerprint density at radius 1 is 0.931 bits per heavy atom. The molecule has 5 aliphatic rings. The van der Waals surface area contributed by atoms with E-state index in [1.807, 2.05) is 0 Å². The molecule has 0 aromatic heterocycles. The van der Waals surface area contributed by atoms with Crippen molar-refractivity contribution in [3.63, 3.8) is 0 Å². The molecule has 0 unspecified atom stereocenters. The molecule has 8 atom stereocenters. The molecule has 0 aliphatic carbocycles. The average Bonchev–Trinajstić information content (AvgIpc) is 3.49. The number of hydrogen-bond donors (Lipinski definition) is 5. The van der Waals surface area contributed by atoms with Crippen molar-refractivity contribution in [1.82, 2.24) is 15.5 Å². The number of hydrogen-bond acceptors (Lipinski definition) is 10. The lowest BCUT2D eigenvalue weighted by molar-refractivity contribution is -0.609. The molecule has 13 heteroatoms. The molecular formula is C45H81ClN6O6. The second-order valence-corrected chi connectivity index (χ2v) is 17.9. The molecule has 2 fully saturated rings. The highest BCUT2D eigenvalue weighted by Gasteiger charge is 2.64. The lowest BCUT2D eigenvalue weighted by Crippen LogP contribution is -3.00. The normalized spacial score (nSPS) is 29.3. The topological polar surface area (TPSA) is 164 Å². The fourth-order valence-electron chi connectivity index (χ4n) is 10.3. The minimum atomic E-state index is -0.761. The quantitative estimate of drug-likeness (QED) is 0.0400. The van der Waals surface area contributed by atoms with Gasteiger partial charge in [-0.25, -0.2) is 10.6 Å². The van der Waals surface area contributed by atoms with Gasteiger partial charge >= 0.3 is 11.9 Å². The van der Waals surface area contributed by atoms with Gasteiger partial charge in [0.2, 0.25) is 11.6 Å². The van der Waals surface area contributed by atoms with E-state index in [1.165, 1.54) is 57.8 Å². The van der Waals surface area contributed by atoms with Crippen molar-refractivity contribution in [2.24, 2.45) is 17.4 Å². The molecule has 0 bridgehead atoms. The van der Waals surface area contributed by atoms with Crippen molar-refractivity contribution in [2.45, 2.75) is 216 Å². The highest BCUT2D eigenvalue weighted by molar-refractivity contribution is 5.82. The minimum Gasteiger partial charge on any atom is -1.00 e. The molecule has 2 spiro atoms. The van der Waals surface area contributed by atoms with Gasteiger partial charge in [-0.15, -0.1) is 0 Å². The molecule has 2 saturated heterocycles. The molecule has 7 N–H and O–H groups in total. The van der Waals surface area contributed by atoms with Crippen molar-refractivity contribution in [2.75, 3.05) is 32.8 Å². The molecule has 0 aromatic carbocycles. The summed E-state index contributed by atoms with van der Waals surface area (Å²) in [7, 11) is 0. The van der Waals surface area contributed by atoms with Crippen LogP contribution in [0.15, 0.2) is 12.2 Å². The molecule has 5 aliphatic heterocycles. The number of aliphatic hydroxyl groups is 1. The second kappa shape index (κ2) is 25.1. The van der Waals surface area contributed by atoms with Gasteiger partial charge in [0.1, 0.15) is 0 Å². The molecule has 1 amide bonds. The Kier molecular flexibility index (Phi) is 21.1. The van der Waals surface area contributed by atoms with Crippen molar-refractivity contribution in [1.29, 1.82) is 0 Å². The van der Waals surface area contributed by atoms with Crippen LogP contribution in [0.4, 0.5) is 0 Å². The monoisotopic (exact) mass is 837 g/mol. The number of carbonyl (C=O) groups is 2. The lowest BCUT2D eigenvalue weighted by Gasteiger charge is -2.50. The zero-order valence-corrected chi connectivity index (χ0v) is 37.0. The summed E-state index contributed by atoms with van der Waals surface area (Å²) in [6, 6.07) is 0.391. The first-order valence-corrected chi connectivity index (χ1v) is 23.5. The Morgan fingerprint density at radius 2 is 1.62 bits per heavy atom. The summed E-state index contributed by atoms with van der Waals surface area (Å²) in [6.07, 6.45) is 29.7. The predicted octanol–water partition coefficient (Wildman–Crippen LogP) is 3.12. The van der Waals surface area contributed by atoms with Crippen LogP contribution < -0.4 is 34.5 Å². The Morgan fingerprint density at radius 3 is 2.28 bits per heavy atom. The average molecular weight is 838 g/mol. The van der Waals surface area contributed by atoms with Crippen LogP contribution in [0.1, 0.15) is 174 Å². The number of aliphatic hydroxyl groups excluding tert-OH is 1. The van der Waals surface area contributed by atoms with Crippen LogP contribution in [0, 0.1) is 5.92 Å². The standard InChI is InChI=1S/C45H80N6O6.ClH/c1-3-38-22-16-17-27-44(57-38)33-36-24-25-39-41(45(28-19-21-35(2)56-45)49-43(48-44)51(36)39)42(54)55-32-18-14-12-10-8-6-4-5-7-9-11-13-15-23-40(53)50(31-20-29-46)34-37(52)26-30-47;/h16,22,35-39,41,52H,3-15,17-21,23-34,46-47H2,1-2H3,(H,48,49);1H/t35-,36+,37+,38+,39-,41-,44+,45-;/m1./s1. The van der Waals surface area contributed by atoms with Crippen LogP contribution >= 0.6 is 0 Å². The van der Waals surface area contributed by atoms with Gasteiger partial charge in [-0.2, -0.15) is 0 Å². The highest BCUT2D eigenvalue weighted by Crippen LogP contribution is 2.45. The van der Waals surface area contributed by atoms with E-state index in [0.29, 0.717) is 51.7 Å². The number of amides is 1. The first-order chi connectivity index (χ1) is 27.7. The van der Waals surface area contributed by atoms with Gasteiger partial charge in [0.15, 0.2) is 11.6 Å². The second-order valence-electron chi connectivity index (χ2n) is 17.9. The number of nitrogens with one attached hydrogen (secondary N) is 2. The highest BCUT2D eigenvalue weighted by atomic mass is 35.5. The fraction of sp³-hybridized carbons (Fsp3) is 0.889. The number of esters is 1. The zero-order valence-electron chi connectivity index (χ0n) is 36.2. The van der Waals surface area contributed by atoms with Gasteiger partial charge < -0.3 is 48.1 Å². The molecule has 5 rings (SSSR count). The number of nitrogens with two attached hydrogens (primary N) is 2. The van der Waals surface area contributed by atoms with Gasteiger partial charge in [-0.1, -0.05) is 89.7 Å². The smallest absolute Gasteiger partial charge is 0.350 e. The first-order valence-electron chi connectivity index (χ1n) is 23.5. The van der Waals surface area contributed by atoms with Crippen molar-refractivity contribution < 1.29 is 45.9 Å². The number of nitrogens with zero attached hydrogens (tertiary/aromatic N) is 2. The van der Waals surface area contributed by atoms with E-state index in [0.717, 1.165) is 95.9 Å². The van der Waals surface area contributed by atoms with E-state index in [4.69, 9.17) is 25.7 Å². The summed E-state index contributed by atoms with van der Waals surface area (Å²) in [5.74, 6) is 0.653. The lowest BCUT2D eigenvalue weighted by atomic mass is 9.80. The molecule has 0 saturated carbocycles. The maximum absolute atomic E-state index is 14.1. The molecular weight excluding hydrogens is 756 g/mol. The number of allylic oxidation sites excluding steroid dienone is 1. The van der Waals surface area contributed by atoms with Crippen LogP contribution in [-0.2, 0) is 23.8 Å².